The van der Waals surface area contributed by atoms with Crippen LogP contribution in [0.3, 0.4) is 0 Å². The fraction of sp³-hybridized carbons (Fsp3) is 0.556. The molecule has 0 radical (unpaired) electrons. The van der Waals surface area contributed by atoms with Crippen molar-refractivity contribution in [2.45, 2.75) is 13.0 Å². The normalized spacial score (nSPS) is 27.6. The standard InChI is InChI=1S/C18H22FN3O4/c1-11(23)20-5-15-8-22(18(24)26-15)14-2-3-17(16(19)4-14)21-6-12-9-25-10-13(12)7-21/h2-4,12-13,15H,5-10H2,1H3,(H,20,23). The van der Waals surface area contributed by atoms with E-state index in [2.05, 4.69) is 10.2 Å². The van der Waals surface area contributed by atoms with E-state index in [0.29, 0.717) is 23.2 Å². The van der Waals surface area contributed by atoms with Gasteiger partial charge >= 0.3 is 6.09 Å². The van der Waals surface area contributed by atoms with E-state index >= 15 is 0 Å². The second-order valence-electron chi connectivity index (χ2n) is 7.15. The van der Waals surface area contributed by atoms with E-state index in [0.717, 1.165) is 26.3 Å². The molecule has 8 heteroatoms. The minimum atomic E-state index is -0.527. The molecule has 1 N–H and O–H groups in total. The van der Waals surface area contributed by atoms with E-state index < -0.39 is 12.2 Å². The number of cyclic esters (lactones) is 1. The van der Waals surface area contributed by atoms with Crippen molar-refractivity contribution in [1.29, 1.82) is 0 Å². The number of fused-ring (bicyclic) bond motifs is 1. The van der Waals surface area contributed by atoms with Crippen molar-refractivity contribution in [1.82, 2.24) is 5.32 Å². The molecule has 140 valence electrons. The average Bonchev–Trinajstić information content (AvgIpc) is 3.27. The first-order chi connectivity index (χ1) is 12.5. The molecule has 3 atom stereocenters. The van der Waals surface area contributed by atoms with Gasteiger partial charge in [-0.2, -0.15) is 0 Å². The Morgan fingerprint density at radius 1 is 1.27 bits per heavy atom. The Morgan fingerprint density at radius 3 is 2.65 bits per heavy atom. The minimum absolute atomic E-state index is 0.185. The van der Waals surface area contributed by atoms with Crippen molar-refractivity contribution in [3.05, 3.63) is 24.0 Å². The number of ether oxygens (including phenoxy) is 2. The molecule has 0 bridgehead atoms. The third-order valence-corrected chi connectivity index (χ3v) is 5.28. The maximum Gasteiger partial charge on any atom is 0.414 e. The van der Waals surface area contributed by atoms with Gasteiger partial charge in [-0.15, -0.1) is 0 Å². The number of carbonyl (C=O) groups excluding carboxylic acids is 2. The van der Waals surface area contributed by atoms with Crippen LogP contribution < -0.4 is 15.1 Å². The monoisotopic (exact) mass is 363 g/mol. The molecule has 0 aliphatic carbocycles. The van der Waals surface area contributed by atoms with Gasteiger partial charge in [-0.1, -0.05) is 0 Å². The Hall–Kier alpha value is -2.35. The summed E-state index contributed by atoms with van der Waals surface area (Å²) in [4.78, 5) is 26.5. The van der Waals surface area contributed by atoms with Gasteiger partial charge in [-0.05, 0) is 18.2 Å². The van der Waals surface area contributed by atoms with Crippen LogP contribution in [0.2, 0.25) is 0 Å². The lowest BCUT2D eigenvalue weighted by Gasteiger charge is -2.22. The molecule has 4 rings (SSSR count). The number of nitrogens with zero attached hydrogens (tertiary/aromatic N) is 2. The van der Waals surface area contributed by atoms with Gasteiger partial charge < -0.3 is 19.7 Å². The smallest absolute Gasteiger partial charge is 0.414 e. The van der Waals surface area contributed by atoms with Gasteiger partial charge in [-0.25, -0.2) is 9.18 Å². The van der Waals surface area contributed by atoms with Gasteiger partial charge in [0.05, 0.1) is 37.7 Å². The fourth-order valence-corrected chi connectivity index (χ4v) is 3.90. The zero-order valence-corrected chi connectivity index (χ0v) is 14.6. The fourth-order valence-electron chi connectivity index (χ4n) is 3.90. The number of amides is 2. The molecule has 26 heavy (non-hydrogen) atoms. The minimum Gasteiger partial charge on any atom is -0.442 e. The van der Waals surface area contributed by atoms with Gasteiger partial charge in [0.1, 0.15) is 11.9 Å². The molecule has 0 aromatic heterocycles. The first-order valence-corrected chi connectivity index (χ1v) is 8.86. The molecule has 0 spiro atoms. The molecule has 3 unspecified atom stereocenters. The summed E-state index contributed by atoms with van der Waals surface area (Å²) in [6.07, 6.45) is -0.965. The highest BCUT2D eigenvalue weighted by molar-refractivity contribution is 5.90. The lowest BCUT2D eigenvalue weighted by atomic mass is 10.0. The van der Waals surface area contributed by atoms with Crippen LogP contribution in [0.25, 0.3) is 0 Å². The van der Waals surface area contributed by atoms with E-state index in [9.17, 15) is 14.0 Å². The highest BCUT2D eigenvalue weighted by Crippen LogP contribution is 2.35. The molecule has 3 heterocycles. The predicted molar refractivity (Wildman–Crippen MR) is 92.7 cm³/mol. The molecular weight excluding hydrogens is 341 g/mol. The van der Waals surface area contributed by atoms with Crippen LogP contribution in [-0.4, -0.2) is 57.5 Å². The van der Waals surface area contributed by atoms with Gasteiger partial charge in [0.2, 0.25) is 5.91 Å². The van der Waals surface area contributed by atoms with E-state index in [4.69, 9.17) is 9.47 Å². The average molecular weight is 363 g/mol. The highest BCUT2D eigenvalue weighted by atomic mass is 19.1. The van der Waals surface area contributed by atoms with Crippen molar-refractivity contribution in [3.63, 3.8) is 0 Å². The maximum atomic E-state index is 14.7. The Morgan fingerprint density at radius 2 is 2.00 bits per heavy atom. The Kier molecular flexibility index (Phi) is 4.44. The SMILES string of the molecule is CC(=O)NCC1CN(c2ccc(N3CC4COCC4C3)c(F)c2)C(=O)O1. The van der Waals surface area contributed by atoms with Crippen molar-refractivity contribution >= 4 is 23.4 Å². The van der Waals surface area contributed by atoms with Gasteiger partial charge in [-0.3, -0.25) is 9.69 Å². The zero-order valence-electron chi connectivity index (χ0n) is 14.6. The van der Waals surface area contributed by atoms with Crippen LogP contribution in [-0.2, 0) is 14.3 Å². The predicted octanol–water partition coefficient (Wildman–Crippen LogP) is 1.37. The second-order valence-corrected chi connectivity index (χ2v) is 7.15. The van der Waals surface area contributed by atoms with Gasteiger partial charge in [0.15, 0.2) is 0 Å². The van der Waals surface area contributed by atoms with E-state index in [1.807, 2.05) is 0 Å². The molecule has 3 aliphatic heterocycles. The lowest BCUT2D eigenvalue weighted by Crippen LogP contribution is -2.33. The molecule has 2 amide bonds. The maximum absolute atomic E-state index is 14.7. The van der Waals surface area contributed by atoms with Crippen LogP contribution in [0.4, 0.5) is 20.6 Å². The zero-order chi connectivity index (χ0) is 18.3. The molecule has 3 fully saturated rings. The molecular formula is C18H22FN3O4. The molecule has 3 saturated heterocycles. The number of nitrogens with one attached hydrogen (secondary N) is 1. The van der Waals surface area contributed by atoms with Crippen molar-refractivity contribution < 1.29 is 23.5 Å². The molecule has 1 aromatic rings. The van der Waals surface area contributed by atoms with Crippen LogP contribution in [0.5, 0.6) is 0 Å². The summed E-state index contributed by atoms with van der Waals surface area (Å²) in [6.45, 7) is 5.02. The molecule has 7 nitrogen and oxygen atoms in total. The first-order valence-electron chi connectivity index (χ1n) is 8.86. The number of rotatable bonds is 4. The first kappa shape index (κ1) is 17.1. The van der Waals surface area contributed by atoms with Gasteiger partial charge in [0, 0.05) is 31.8 Å². The third-order valence-electron chi connectivity index (χ3n) is 5.28. The van der Waals surface area contributed by atoms with Gasteiger partial charge in [0.25, 0.3) is 0 Å². The number of carbonyl (C=O) groups is 2. The molecule has 3 aliphatic rings. The molecule has 1 aromatic carbocycles. The second kappa shape index (κ2) is 6.75. The summed E-state index contributed by atoms with van der Waals surface area (Å²) in [6, 6.07) is 4.84. The number of hydrogen-bond donors (Lipinski definition) is 1. The van der Waals surface area contributed by atoms with Crippen molar-refractivity contribution in [2.24, 2.45) is 11.8 Å². The summed E-state index contributed by atoms with van der Waals surface area (Å²) in [7, 11) is 0. The number of halogens is 1. The summed E-state index contributed by atoms with van der Waals surface area (Å²) in [5, 5.41) is 2.62. The van der Waals surface area contributed by atoms with E-state index in [1.54, 1.807) is 12.1 Å². The quantitative estimate of drug-likeness (QED) is 0.875. The Balaban J connectivity index is 1.44. The van der Waals surface area contributed by atoms with Crippen LogP contribution in [0.15, 0.2) is 18.2 Å². The largest absolute Gasteiger partial charge is 0.442 e. The summed E-state index contributed by atoms with van der Waals surface area (Å²) in [5.41, 5.74) is 1.02. The van der Waals surface area contributed by atoms with Crippen LogP contribution >= 0.6 is 0 Å². The van der Waals surface area contributed by atoms with E-state index in [1.165, 1.54) is 17.9 Å². The third kappa shape index (κ3) is 3.21. The summed E-state index contributed by atoms with van der Waals surface area (Å²) < 4.78 is 25.4. The van der Waals surface area contributed by atoms with Crippen molar-refractivity contribution in [3.8, 4) is 0 Å². The number of hydrogen-bond acceptors (Lipinski definition) is 5. The van der Waals surface area contributed by atoms with Crippen LogP contribution in [0.1, 0.15) is 6.92 Å². The lowest BCUT2D eigenvalue weighted by molar-refractivity contribution is -0.119. The molecule has 0 saturated carbocycles. The van der Waals surface area contributed by atoms with Crippen molar-refractivity contribution in [2.75, 3.05) is 49.2 Å². The Labute approximate surface area is 151 Å². The number of anilines is 2. The summed E-state index contributed by atoms with van der Waals surface area (Å²) >= 11 is 0. The topological polar surface area (TPSA) is 71.1 Å². The highest BCUT2D eigenvalue weighted by Gasteiger charge is 2.38. The summed E-state index contributed by atoms with van der Waals surface area (Å²) in [5.74, 6) is 0.409. The Bertz CT molecular complexity index is 716. The van der Waals surface area contributed by atoms with E-state index in [-0.39, 0.29) is 24.8 Å². The van der Waals surface area contributed by atoms with Crippen LogP contribution in [0, 0.1) is 17.7 Å². The number of benzene rings is 1.